The van der Waals surface area contributed by atoms with Crippen LogP contribution in [0.4, 0.5) is 0 Å². The Kier molecular flexibility index (Phi) is 72.0. The van der Waals surface area contributed by atoms with Crippen LogP contribution >= 0.6 is 15.6 Å². The fourth-order valence-corrected chi connectivity index (χ4v) is 11.6. The van der Waals surface area contributed by atoms with E-state index in [4.69, 9.17) is 37.0 Å². The molecule has 0 saturated heterocycles. The molecule has 0 rings (SSSR count). The summed E-state index contributed by atoms with van der Waals surface area (Å²) in [4.78, 5) is 72.9. The molecule has 5 atom stereocenters. The van der Waals surface area contributed by atoms with Crippen molar-refractivity contribution in [2.24, 2.45) is 0 Å². The number of ether oxygens (including phenoxy) is 4. The van der Waals surface area contributed by atoms with Crippen LogP contribution in [-0.4, -0.2) is 96.7 Å². The molecule has 17 nitrogen and oxygen atoms in total. The Bertz CT molecular complexity index is 2590. The van der Waals surface area contributed by atoms with E-state index in [1.165, 1.54) is 83.5 Å². The highest BCUT2D eigenvalue weighted by molar-refractivity contribution is 7.47. The lowest BCUT2D eigenvalue weighted by Crippen LogP contribution is -2.30. The van der Waals surface area contributed by atoms with E-state index < -0.39 is 97.5 Å². The molecular weight excluding hydrogens is 1350 g/mol. The minimum absolute atomic E-state index is 0.0115. The van der Waals surface area contributed by atoms with Crippen LogP contribution < -0.4 is 0 Å². The number of esters is 4. The van der Waals surface area contributed by atoms with Crippen molar-refractivity contribution in [2.45, 2.75) is 316 Å². The number of aliphatic hydroxyl groups is 1. The quantitative estimate of drug-likeness (QED) is 0.0169. The van der Waals surface area contributed by atoms with Crippen LogP contribution in [0.15, 0.2) is 158 Å². The second kappa shape index (κ2) is 75.9. The maximum atomic E-state index is 13.1. The molecule has 0 aliphatic carbocycles. The topological polar surface area (TPSA) is 237 Å². The van der Waals surface area contributed by atoms with Crippen molar-refractivity contribution in [1.29, 1.82) is 0 Å². The van der Waals surface area contributed by atoms with Gasteiger partial charge in [-0.25, -0.2) is 9.13 Å². The second-order valence-corrected chi connectivity index (χ2v) is 28.8. The van der Waals surface area contributed by atoms with Gasteiger partial charge in [0.1, 0.15) is 19.3 Å². The number of carbonyl (C=O) groups is 4. The Morgan fingerprint density at radius 3 is 0.933 bits per heavy atom. The molecule has 0 heterocycles. The largest absolute Gasteiger partial charge is 0.472 e. The van der Waals surface area contributed by atoms with Gasteiger partial charge in [0.05, 0.1) is 32.8 Å². The monoisotopic (exact) mass is 1490 g/mol. The molecule has 0 spiro atoms. The van der Waals surface area contributed by atoms with Crippen molar-refractivity contribution in [2.75, 3.05) is 39.6 Å². The lowest BCUT2D eigenvalue weighted by atomic mass is 10.0. The van der Waals surface area contributed by atoms with Gasteiger partial charge in [0.15, 0.2) is 12.2 Å². The van der Waals surface area contributed by atoms with Crippen LogP contribution in [0, 0.1) is 0 Å². The lowest BCUT2D eigenvalue weighted by molar-refractivity contribution is -0.161. The Morgan fingerprint density at radius 1 is 0.288 bits per heavy atom. The zero-order valence-electron chi connectivity index (χ0n) is 64.6. The fourth-order valence-electron chi connectivity index (χ4n) is 10.1. The first-order valence-electron chi connectivity index (χ1n) is 39.7. The van der Waals surface area contributed by atoms with Crippen LogP contribution in [-0.2, 0) is 65.4 Å². The number of phosphoric ester groups is 2. The molecule has 0 aliphatic rings. The third kappa shape index (κ3) is 74.9. The second-order valence-electron chi connectivity index (χ2n) is 25.9. The minimum atomic E-state index is -5.02. The maximum Gasteiger partial charge on any atom is 0.472 e. The van der Waals surface area contributed by atoms with Crippen LogP contribution in [0.2, 0.25) is 0 Å². The normalized spacial score (nSPS) is 14.7. The fraction of sp³-hybridized carbons (Fsp3) is 0.647. The van der Waals surface area contributed by atoms with Gasteiger partial charge in [0.25, 0.3) is 0 Å². The molecule has 19 heteroatoms. The van der Waals surface area contributed by atoms with E-state index in [0.717, 1.165) is 128 Å². The first kappa shape index (κ1) is 98.7. The third-order valence-electron chi connectivity index (χ3n) is 16.0. The van der Waals surface area contributed by atoms with Crippen LogP contribution in [0.3, 0.4) is 0 Å². The summed E-state index contributed by atoms with van der Waals surface area (Å²) >= 11 is 0. The van der Waals surface area contributed by atoms with Crippen LogP contribution in [0.25, 0.3) is 0 Å². The minimum Gasteiger partial charge on any atom is -0.462 e. The van der Waals surface area contributed by atoms with Crippen molar-refractivity contribution < 1.29 is 80.2 Å². The molecule has 0 aromatic carbocycles. The zero-order valence-corrected chi connectivity index (χ0v) is 66.4. The first-order chi connectivity index (χ1) is 50.7. The molecule has 0 aromatic heterocycles. The van der Waals surface area contributed by atoms with Gasteiger partial charge in [-0.1, -0.05) is 308 Å². The van der Waals surface area contributed by atoms with Gasteiger partial charge < -0.3 is 33.8 Å². The SMILES string of the molecule is CC/C=C\C/C=C\C/C=C\C/C=C\C/C=C\C/C=C\CCC(=O)OCC(COP(=O)(O)OCC(O)COP(=O)(O)OCC(COC(=O)CCCCCCC/C=C\C/C=C\CCCCC)OC(=O)CCCCCCCCCCCCCCCCC)OC(=O)C/C=C\C/C=C\C/C=C\C/C=C\C/C=C\CC. The Hall–Kier alpha value is -5.32. The predicted octanol–water partition coefficient (Wildman–Crippen LogP) is 23.2. The van der Waals surface area contributed by atoms with Crippen molar-refractivity contribution in [3.8, 4) is 0 Å². The highest BCUT2D eigenvalue weighted by Crippen LogP contribution is 2.45. The van der Waals surface area contributed by atoms with Gasteiger partial charge in [-0.05, 0) is 122 Å². The van der Waals surface area contributed by atoms with Gasteiger partial charge >= 0.3 is 39.5 Å². The van der Waals surface area contributed by atoms with E-state index in [1.807, 2.05) is 30.4 Å². The molecule has 0 saturated carbocycles. The lowest BCUT2D eigenvalue weighted by Gasteiger charge is -2.21. The Labute approximate surface area is 629 Å². The van der Waals surface area contributed by atoms with Gasteiger partial charge in [0.2, 0.25) is 0 Å². The molecular formula is C85H140O17P2. The van der Waals surface area contributed by atoms with Gasteiger partial charge in [-0.3, -0.25) is 37.3 Å². The Morgan fingerprint density at radius 2 is 0.558 bits per heavy atom. The molecule has 3 N–H and O–H groups in total. The Balaban J connectivity index is 5.50. The number of hydrogen-bond acceptors (Lipinski definition) is 15. The van der Waals surface area contributed by atoms with Crippen molar-refractivity contribution >= 4 is 39.5 Å². The third-order valence-corrected chi connectivity index (χ3v) is 17.9. The molecule has 0 fully saturated rings. The molecule has 104 heavy (non-hydrogen) atoms. The summed E-state index contributed by atoms with van der Waals surface area (Å²) in [5.74, 6) is -2.44. The number of hydrogen-bond donors (Lipinski definition) is 3. The molecule has 592 valence electrons. The summed E-state index contributed by atoms with van der Waals surface area (Å²) in [5.41, 5.74) is 0. The summed E-state index contributed by atoms with van der Waals surface area (Å²) in [6.07, 6.45) is 88.4. The predicted molar refractivity (Wildman–Crippen MR) is 427 cm³/mol. The number of phosphoric acid groups is 2. The molecule has 0 bridgehead atoms. The summed E-state index contributed by atoms with van der Waals surface area (Å²) in [5, 5.41) is 10.6. The number of aliphatic hydroxyl groups excluding tert-OH is 1. The van der Waals surface area contributed by atoms with E-state index in [-0.39, 0.29) is 25.7 Å². The van der Waals surface area contributed by atoms with Crippen molar-refractivity contribution in [3.05, 3.63) is 158 Å². The van der Waals surface area contributed by atoms with Crippen LogP contribution in [0.5, 0.6) is 0 Å². The summed E-state index contributed by atoms with van der Waals surface area (Å²) in [7, 11) is -10.0. The number of unbranched alkanes of at least 4 members (excludes halogenated alkanes) is 22. The van der Waals surface area contributed by atoms with Gasteiger partial charge in [-0.15, -0.1) is 0 Å². The standard InChI is InChI=1S/C85H140O17P2/c1-5-9-13-17-21-25-29-33-37-38-39-40-44-46-50-54-58-62-66-70-83(88)96-76-81(102-85(90)72-68-64-60-56-52-48-43-36-32-28-24-20-16-12-8-4)78-100-104(93,94)98-74-79(86)73-97-103(91,92)99-77-80(101-84(89)71-67-63-59-55-51-47-42-35-31-27-23-19-15-11-7-3)75-95-82(87)69-65-61-57-53-49-45-41-34-30-26-22-18-14-10-6-2/h9,12-13,16,21-22,24-26,28,33-34,36-37,39-41,43,46,50,52,56,58,62,64,68,79-81,86H,5-8,10-11,14-15,17-20,23,27,29-32,35,38,42,44-45,47-49,51,53-55,57,59-61,63,65-67,69-78H2,1-4H3,(H,91,92)(H,93,94)/b13-9-,16-12-,25-21-,26-22-,28-24-,37-33-,40-39-,41-34-,43-36-,50-46-,56-52-,62-58-,68-64-. The molecule has 0 amide bonds. The van der Waals surface area contributed by atoms with Crippen LogP contribution in [0.1, 0.15) is 297 Å². The molecule has 0 radical (unpaired) electrons. The van der Waals surface area contributed by atoms with E-state index >= 15 is 0 Å². The van der Waals surface area contributed by atoms with E-state index in [1.54, 1.807) is 12.2 Å². The molecule has 0 aliphatic heterocycles. The summed E-state index contributed by atoms with van der Waals surface area (Å²) in [6, 6.07) is 0. The van der Waals surface area contributed by atoms with E-state index in [2.05, 4.69) is 143 Å². The average molecular weight is 1500 g/mol. The van der Waals surface area contributed by atoms with Crippen molar-refractivity contribution in [3.63, 3.8) is 0 Å². The first-order valence-corrected chi connectivity index (χ1v) is 42.7. The number of rotatable bonds is 73. The number of carbonyl (C=O) groups excluding carboxylic acids is 4. The molecule has 5 unspecified atom stereocenters. The summed E-state index contributed by atoms with van der Waals surface area (Å²) < 4.78 is 68.4. The highest BCUT2D eigenvalue weighted by Gasteiger charge is 2.30. The maximum absolute atomic E-state index is 13.1. The van der Waals surface area contributed by atoms with E-state index in [9.17, 15) is 43.2 Å². The van der Waals surface area contributed by atoms with Gasteiger partial charge in [0, 0.05) is 19.3 Å². The highest BCUT2D eigenvalue weighted by atomic mass is 31.2. The van der Waals surface area contributed by atoms with Crippen molar-refractivity contribution in [1.82, 2.24) is 0 Å². The van der Waals surface area contributed by atoms with Gasteiger partial charge in [-0.2, -0.15) is 0 Å². The number of allylic oxidation sites excluding steroid dienone is 25. The smallest absolute Gasteiger partial charge is 0.462 e. The summed E-state index contributed by atoms with van der Waals surface area (Å²) in [6.45, 7) is 4.41. The average Bonchev–Trinajstić information content (AvgIpc) is 0.918. The zero-order chi connectivity index (χ0) is 76.0. The molecule has 0 aromatic rings. The van der Waals surface area contributed by atoms with E-state index in [0.29, 0.717) is 32.1 Å².